The summed E-state index contributed by atoms with van der Waals surface area (Å²) in [5.41, 5.74) is 4.33. The number of sulfonamides is 1. The second kappa shape index (κ2) is 6.35. The van der Waals surface area contributed by atoms with Crippen LogP contribution in [0.2, 0.25) is 0 Å². The third-order valence-corrected chi connectivity index (χ3v) is 7.12. The van der Waals surface area contributed by atoms with Crippen LogP contribution in [0.3, 0.4) is 0 Å². The van der Waals surface area contributed by atoms with Crippen molar-refractivity contribution in [3.05, 3.63) is 63.6 Å². The van der Waals surface area contributed by atoms with Crippen LogP contribution >= 0.6 is 0 Å². The van der Waals surface area contributed by atoms with Crippen LogP contribution in [-0.2, 0) is 30.0 Å². The molecular formula is C20H22N2O4S. The lowest BCUT2D eigenvalue weighted by molar-refractivity contribution is 0.391. The number of aryl methyl sites for hydroxylation is 1. The second-order valence-corrected chi connectivity index (χ2v) is 9.27. The molecule has 0 unspecified atom stereocenters. The van der Waals surface area contributed by atoms with Gasteiger partial charge in [-0.1, -0.05) is 32.0 Å². The Bertz CT molecular complexity index is 1190. The molecule has 0 N–H and O–H groups in total. The minimum Gasteiger partial charge on any atom is -0.408 e. The molecule has 0 fully saturated rings. The summed E-state index contributed by atoms with van der Waals surface area (Å²) in [7, 11) is -2.08. The van der Waals surface area contributed by atoms with Crippen molar-refractivity contribution in [1.82, 2.24) is 8.87 Å². The summed E-state index contributed by atoms with van der Waals surface area (Å²) in [5, 5.41) is 0. The van der Waals surface area contributed by atoms with E-state index in [1.54, 1.807) is 13.1 Å². The highest BCUT2D eigenvalue weighted by Gasteiger charge is 2.29. The summed E-state index contributed by atoms with van der Waals surface area (Å²) in [6, 6.07) is 10.9. The number of nitrogens with zero attached hydrogens (tertiary/aromatic N) is 2. The molecule has 6 nitrogen and oxygen atoms in total. The number of hydrogen-bond acceptors (Lipinski definition) is 4. The monoisotopic (exact) mass is 386 g/mol. The second-order valence-electron chi connectivity index (χ2n) is 7.33. The number of fused-ring (bicyclic) bond motifs is 2. The molecule has 2 aromatic carbocycles. The average Bonchev–Trinajstić information content (AvgIpc) is 2.94. The van der Waals surface area contributed by atoms with Crippen LogP contribution in [0.15, 0.2) is 50.5 Å². The molecule has 7 heteroatoms. The lowest BCUT2D eigenvalue weighted by Crippen LogP contribution is -2.36. The zero-order chi connectivity index (χ0) is 19.3. The molecule has 0 saturated heterocycles. The van der Waals surface area contributed by atoms with Gasteiger partial charge < -0.3 is 4.42 Å². The fourth-order valence-corrected chi connectivity index (χ4v) is 4.97. The summed E-state index contributed by atoms with van der Waals surface area (Å²) in [6.45, 7) is 5.05. The largest absolute Gasteiger partial charge is 0.419 e. The van der Waals surface area contributed by atoms with E-state index in [0.29, 0.717) is 30.9 Å². The molecule has 1 aromatic heterocycles. The third-order valence-electron chi connectivity index (χ3n) is 5.28. The van der Waals surface area contributed by atoms with E-state index in [0.717, 1.165) is 5.56 Å². The Kier molecular flexibility index (Phi) is 4.24. The van der Waals surface area contributed by atoms with Crippen LogP contribution in [0, 0.1) is 0 Å². The van der Waals surface area contributed by atoms with Gasteiger partial charge in [0.15, 0.2) is 5.58 Å². The smallest absolute Gasteiger partial charge is 0.408 e. The van der Waals surface area contributed by atoms with Gasteiger partial charge in [-0.15, -0.1) is 0 Å². The van der Waals surface area contributed by atoms with Crippen LogP contribution in [-0.4, -0.2) is 23.8 Å². The molecule has 0 amide bonds. The van der Waals surface area contributed by atoms with Gasteiger partial charge in [0.25, 0.3) is 0 Å². The zero-order valence-corrected chi connectivity index (χ0v) is 16.4. The molecule has 1 aliphatic heterocycles. The summed E-state index contributed by atoms with van der Waals surface area (Å²) >= 11 is 0. The lowest BCUT2D eigenvalue weighted by atomic mass is 9.94. The van der Waals surface area contributed by atoms with Crippen LogP contribution in [0.1, 0.15) is 36.5 Å². The van der Waals surface area contributed by atoms with Gasteiger partial charge in [0.1, 0.15) is 0 Å². The normalized spacial score (nSPS) is 15.4. The first-order valence-electron chi connectivity index (χ1n) is 8.99. The van der Waals surface area contributed by atoms with Crippen LogP contribution < -0.4 is 5.76 Å². The van der Waals surface area contributed by atoms with Gasteiger partial charge in [0.05, 0.1) is 10.4 Å². The molecule has 2 heterocycles. The minimum atomic E-state index is -3.67. The van der Waals surface area contributed by atoms with Gasteiger partial charge in [-0.05, 0) is 41.2 Å². The van der Waals surface area contributed by atoms with E-state index < -0.39 is 15.8 Å². The molecule has 0 radical (unpaired) electrons. The predicted octanol–water partition coefficient (Wildman–Crippen LogP) is 3.00. The van der Waals surface area contributed by atoms with Crippen molar-refractivity contribution in [2.24, 2.45) is 7.05 Å². The van der Waals surface area contributed by atoms with Crippen molar-refractivity contribution < 1.29 is 12.8 Å². The van der Waals surface area contributed by atoms with E-state index in [1.165, 1.54) is 32.1 Å². The first-order valence-corrected chi connectivity index (χ1v) is 10.4. The van der Waals surface area contributed by atoms with Crippen LogP contribution in [0.5, 0.6) is 0 Å². The maximum absolute atomic E-state index is 13.2. The van der Waals surface area contributed by atoms with Gasteiger partial charge in [0, 0.05) is 26.2 Å². The maximum atomic E-state index is 13.2. The highest BCUT2D eigenvalue weighted by molar-refractivity contribution is 7.89. The van der Waals surface area contributed by atoms with Gasteiger partial charge in [-0.2, -0.15) is 4.31 Å². The highest BCUT2D eigenvalue weighted by atomic mass is 32.2. The fraction of sp³-hybridized carbons (Fsp3) is 0.350. The van der Waals surface area contributed by atoms with Gasteiger partial charge in [-0.25, -0.2) is 13.2 Å². The van der Waals surface area contributed by atoms with E-state index in [2.05, 4.69) is 32.0 Å². The fourth-order valence-electron chi connectivity index (χ4n) is 3.54. The molecule has 0 bridgehead atoms. The van der Waals surface area contributed by atoms with Crippen molar-refractivity contribution in [3.63, 3.8) is 0 Å². The van der Waals surface area contributed by atoms with Crippen molar-refractivity contribution in [3.8, 4) is 0 Å². The van der Waals surface area contributed by atoms with Crippen LogP contribution in [0.25, 0.3) is 11.1 Å². The molecule has 0 aliphatic carbocycles. The van der Waals surface area contributed by atoms with E-state index in [9.17, 15) is 13.2 Å². The molecule has 0 saturated carbocycles. The van der Waals surface area contributed by atoms with Crippen molar-refractivity contribution in [1.29, 1.82) is 0 Å². The molecule has 3 aromatic rings. The van der Waals surface area contributed by atoms with Gasteiger partial charge in [-0.3, -0.25) is 4.57 Å². The van der Waals surface area contributed by atoms with E-state index in [4.69, 9.17) is 4.42 Å². The topological polar surface area (TPSA) is 72.5 Å². The van der Waals surface area contributed by atoms with E-state index in [-0.39, 0.29) is 10.5 Å². The number of hydrogen-bond donors (Lipinski definition) is 0. The number of oxazole rings is 1. The Morgan fingerprint density at radius 1 is 1.07 bits per heavy atom. The van der Waals surface area contributed by atoms with Crippen molar-refractivity contribution in [2.75, 3.05) is 6.54 Å². The summed E-state index contributed by atoms with van der Waals surface area (Å²) in [6.07, 6.45) is 0.690. The number of aromatic nitrogens is 1. The SMILES string of the molecule is CC(C)c1ccc2c(c1)CN(S(=O)(=O)c1ccc3c(c1)oc(=O)n3C)CC2. The Labute approximate surface area is 158 Å². The number of rotatable bonds is 3. The van der Waals surface area contributed by atoms with Crippen molar-refractivity contribution in [2.45, 2.75) is 37.6 Å². The average molecular weight is 386 g/mol. The zero-order valence-electron chi connectivity index (χ0n) is 15.6. The molecule has 0 spiro atoms. The summed E-state index contributed by atoms with van der Waals surface area (Å²) < 4.78 is 34.3. The van der Waals surface area contributed by atoms with E-state index in [1.807, 2.05) is 0 Å². The first kappa shape index (κ1) is 18.0. The Balaban J connectivity index is 1.70. The van der Waals surface area contributed by atoms with Gasteiger partial charge >= 0.3 is 5.76 Å². The minimum absolute atomic E-state index is 0.146. The summed E-state index contributed by atoms with van der Waals surface area (Å²) in [5.74, 6) is -0.113. The quantitative estimate of drug-likeness (QED) is 0.694. The maximum Gasteiger partial charge on any atom is 0.419 e. The van der Waals surface area contributed by atoms with Crippen LogP contribution in [0.4, 0.5) is 0 Å². The Morgan fingerprint density at radius 3 is 2.59 bits per heavy atom. The molecule has 0 atom stereocenters. The first-order chi connectivity index (χ1) is 12.8. The molecule has 1 aliphatic rings. The standard InChI is InChI=1S/C20H22N2O4S/c1-13(2)15-5-4-14-8-9-22(12-16(14)10-15)27(24,25)17-6-7-18-19(11-17)26-20(23)21(18)3/h4-7,10-11,13H,8-9,12H2,1-3H3. The lowest BCUT2D eigenvalue weighted by Gasteiger charge is -2.28. The molecule has 27 heavy (non-hydrogen) atoms. The van der Waals surface area contributed by atoms with E-state index >= 15 is 0 Å². The molecular weight excluding hydrogens is 364 g/mol. The summed E-state index contributed by atoms with van der Waals surface area (Å²) in [4.78, 5) is 11.8. The molecule has 142 valence electrons. The van der Waals surface area contributed by atoms with Gasteiger partial charge in [0.2, 0.25) is 10.0 Å². The molecule has 4 rings (SSSR count). The predicted molar refractivity (Wildman–Crippen MR) is 103 cm³/mol. The Morgan fingerprint density at radius 2 is 1.85 bits per heavy atom. The van der Waals surface area contributed by atoms with Crippen molar-refractivity contribution >= 4 is 21.1 Å². The highest BCUT2D eigenvalue weighted by Crippen LogP contribution is 2.28. The Hall–Kier alpha value is -2.38. The third kappa shape index (κ3) is 3.00. The number of benzene rings is 2.